The van der Waals surface area contributed by atoms with Gasteiger partial charge in [-0.3, -0.25) is 0 Å². The summed E-state index contributed by atoms with van der Waals surface area (Å²) in [5.74, 6) is 0.131. The van der Waals surface area contributed by atoms with E-state index in [0.29, 0.717) is 45.5 Å². The molecule has 0 bridgehead atoms. The van der Waals surface area contributed by atoms with E-state index in [0.717, 1.165) is 0 Å². The van der Waals surface area contributed by atoms with Crippen LogP contribution in [0.4, 0.5) is 0 Å². The van der Waals surface area contributed by atoms with Gasteiger partial charge in [-0.15, -0.1) is 0 Å². The molecule has 1 fully saturated rings. The Morgan fingerprint density at radius 3 is 2.53 bits per heavy atom. The normalized spacial score (nSPS) is 19.6. The first-order valence-electron chi connectivity index (χ1n) is 6.00. The van der Waals surface area contributed by atoms with Crippen molar-refractivity contribution in [3.05, 3.63) is 0 Å². The zero-order valence-electron chi connectivity index (χ0n) is 10.0. The topological polar surface area (TPSA) is 92.9 Å². The molecule has 102 valence electrons. The van der Waals surface area contributed by atoms with Gasteiger partial charge < -0.3 is 15.6 Å². The molecule has 0 atom stereocenters. The molecule has 6 nitrogen and oxygen atoms in total. The van der Waals surface area contributed by atoms with Crippen LogP contribution in [0, 0.1) is 0 Å². The fourth-order valence-corrected chi connectivity index (χ4v) is 3.45. The minimum absolute atomic E-state index is 0.00894. The van der Waals surface area contributed by atoms with Crippen molar-refractivity contribution in [1.82, 2.24) is 4.31 Å². The van der Waals surface area contributed by atoms with Gasteiger partial charge in [-0.25, -0.2) is 12.7 Å². The van der Waals surface area contributed by atoms with Crippen molar-refractivity contribution in [2.24, 2.45) is 5.73 Å². The minimum Gasteiger partial charge on any atom is -0.394 e. The largest absolute Gasteiger partial charge is 0.394 e. The summed E-state index contributed by atoms with van der Waals surface area (Å²) in [5.41, 5.74) is 5.32. The fourth-order valence-electron chi connectivity index (χ4n) is 1.89. The summed E-state index contributed by atoms with van der Waals surface area (Å²) in [7, 11) is -3.14. The average Bonchev–Trinajstić information content (AvgIpc) is 2.34. The number of piperidine rings is 1. The molecule has 17 heavy (non-hydrogen) atoms. The molecule has 1 heterocycles. The molecule has 1 aliphatic rings. The molecule has 0 aromatic heterocycles. The van der Waals surface area contributed by atoms with Crippen molar-refractivity contribution in [1.29, 1.82) is 0 Å². The van der Waals surface area contributed by atoms with Crippen LogP contribution in [0.25, 0.3) is 0 Å². The maximum atomic E-state index is 11.9. The number of nitrogens with two attached hydrogens (primary N) is 1. The summed E-state index contributed by atoms with van der Waals surface area (Å²) >= 11 is 0. The number of sulfonamides is 1. The van der Waals surface area contributed by atoms with Crippen molar-refractivity contribution in [2.45, 2.75) is 25.4 Å². The lowest BCUT2D eigenvalue weighted by Gasteiger charge is -2.31. The lowest BCUT2D eigenvalue weighted by atomic mass is 10.1. The number of aliphatic hydroxyl groups is 1. The zero-order chi connectivity index (χ0) is 12.7. The van der Waals surface area contributed by atoms with Crippen LogP contribution in [0.2, 0.25) is 0 Å². The first-order chi connectivity index (χ1) is 8.10. The van der Waals surface area contributed by atoms with Crippen molar-refractivity contribution < 1.29 is 18.3 Å². The van der Waals surface area contributed by atoms with Gasteiger partial charge in [-0.1, -0.05) is 0 Å². The van der Waals surface area contributed by atoms with Crippen molar-refractivity contribution in [3.63, 3.8) is 0 Å². The molecule has 1 rings (SSSR count). The molecule has 7 heteroatoms. The summed E-state index contributed by atoms with van der Waals surface area (Å²) in [6.45, 7) is 1.74. The molecule has 0 radical (unpaired) electrons. The summed E-state index contributed by atoms with van der Waals surface area (Å²) < 4.78 is 30.6. The Labute approximate surface area is 103 Å². The number of hydrogen-bond donors (Lipinski definition) is 2. The maximum absolute atomic E-state index is 11.9. The molecule has 0 aliphatic carbocycles. The first kappa shape index (κ1) is 14.8. The van der Waals surface area contributed by atoms with Gasteiger partial charge in [0.2, 0.25) is 10.0 Å². The van der Waals surface area contributed by atoms with E-state index in [1.165, 1.54) is 4.31 Å². The lowest BCUT2D eigenvalue weighted by Crippen LogP contribution is -2.42. The third-order valence-corrected chi connectivity index (χ3v) is 4.80. The number of ether oxygens (including phenoxy) is 1. The highest BCUT2D eigenvalue weighted by molar-refractivity contribution is 7.89. The summed E-state index contributed by atoms with van der Waals surface area (Å²) in [5, 5.41) is 8.63. The van der Waals surface area contributed by atoms with Gasteiger partial charge >= 0.3 is 0 Å². The van der Waals surface area contributed by atoms with Gasteiger partial charge in [0.25, 0.3) is 0 Å². The molecule has 3 N–H and O–H groups in total. The highest BCUT2D eigenvalue weighted by Crippen LogP contribution is 2.17. The summed E-state index contributed by atoms with van der Waals surface area (Å²) in [6.07, 6.45) is 1.97. The third kappa shape index (κ3) is 4.89. The molecular formula is C10H22N2O4S. The third-order valence-electron chi connectivity index (χ3n) is 2.85. The molecule has 0 spiro atoms. The highest BCUT2D eigenvalue weighted by Gasteiger charge is 2.27. The lowest BCUT2D eigenvalue weighted by molar-refractivity contribution is 0.00319. The number of rotatable bonds is 7. The maximum Gasteiger partial charge on any atom is 0.214 e. The molecule has 0 amide bonds. The molecular weight excluding hydrogens is 244 g/mol. The predicted molar refractivity (Wildman–Crippen MR) is 65.1 cm³/mol. The number of hydrogen-bond acceptors (Lipinski definition) is 5. The van der Waals surface area contributed by atoms with Crippen LogP contribution in [0.3, 0.4) is 0 Å². The van der Waals surface area contributed by atoms with Gasteiger partial charge in [0, 0.05) is 13.1 Å². The Balaban J connectivity index is 2.35. The fraction of sp³-hybridized carbons (Fsp3) is 1.00. The van der Waals surface area contributed by atoms with Gasteiger partial charge in [0.05, 0.1) is 25.1 Å². The second-order valence-electron chi connectivity index (χ2n) is 4.15. The van der Waals surface area contributed by atoms with Crippen LogP contribution in [0.5, 0.6) is 0 Å². The van der Waals surface area contributed by atoms with Crippen LogP contribution >= 0.6 is 0 Å². The standard InChI is InChI=1S/C10H22N2O4S/c11-4-1-9-17(14,15)12-5-2-10(3-6-12)16-8-7-13/h10,13H,1-9,11H2. The van der Waals surface area contributed by atoms with Gasteiger partial charge in [-0.05, 0) is 25.8 Å². The Hall–Kier alpha value is -0.210. The van der Waals surface area contributed by atoms with E-state index in [4.69, 9.17) is 15.6 Å². The monoisotopic (exact) mass is 266 g/mol. The van der Waals surface area contributed by atoms with E-state index in [1.54, 1.807) is 0 Å². The van der Waals surface area contributed by atoms with Crippen LogP contribution in [-0.2, 0) is 14.8 Å². The molecule has 0 saturated carbocycles. The number of nitrogens with zero attached hydrogens (tertiary/aromatic N) is 1. The van der Waals surface area contributed by atoms with E-state index < -0.39 is 10.0 Å². The Morgan fingerprint density at radius 2 is 2.00 bits per heavy atom. The smallest absolute Gasteiger partial charge is 0.214 e. The first-order valence-corrected chi connectivity index (χ1v) is 7.61. The zero-order valence-corrected chi connectivity index (χ0v) is 10.9. The minimum atomic E-state index is -3.14. The van der Waals surface area contributed by atoms with Gasteiger partial charge in [0.15, 0.2) is 0 Å². The SMILES string of the molecule is NCCCS(=O)(=O)N1CCC(OCCO)CC1. The molecule has 1 saturated heterocycles. The van der Waals surface area contributed by atoms with E-state index >= 15 is 0 Å². The highest BCUT2D eigenvalue weighted by atomic mass is 32.2. The van der Waals surface area contributed by atoms with Crippen LogP contribution in [0.1, 0.15) is 19.3 Å². The van der Waals surface area contributed by atoms with E-state index in [1.807, 2.05) is 0 Å². The molecule has 0 aromatic rings. The summed E-state index contributed by atoms with van der Waals surface area (Å²) in [6, 6.07) is 0. The van der Waals surface area contributed by atoms with Crippen LogP contribution in [0.15, 0.2) is 0 Å². The van der Waals surface area contributed by atoms with Crippen molar-refractivity contribution in [3.8, 4) is 0 Å². The van der Waals surface area contributed by atoms with Crippen LogP contribution in [-0.4, -0.2) is 62.5 Å². The number of aliphatic hydroxyl groups excluding tert-OH is 1. The van der Waals surface area contributed by atoms with Gasteiger partial charge in [0.1, 0.15) is 0 Å². The van der Waals surface area contributed by atoms with Gasteiger partial charge in [-0.2, -0.15) is 0 Å². The second-order valence-corrected chi connectivity index (χ2v) is 6.24. The van der Waals surface area contributed by atoms with Crippen molar-refractivity contribution in [2.75, 3.05) is 38.6 Å². The quantitative estimate of drug-likeness (QED) is 0.625. The Bertz CT molecular complexity index is 299. The molecule has 0 aromatic carbocycles. The second kappa shape index (κ2) is 7.27. The summed E-state index contributed by atoms with van der Waals surface area (Å²) in [4.78, 5) is 0. The Morgan fingerprint density at radius 1 is 1.35 bits per heavy atom. The molecule has 1 aliphatic heterocycles. The van der Waals surface area contributed by atoms with Crippen molar-refractivity contribution >= 4 is 10.0 Å². The predicted octanol–water partition coefficient (Wildman–Crippen LogP) is -0.862. The van der Waals surface area contributed by atoms with E-state index in [9.17, 15) is 8.42 Å². The Kier molecular flexibility index (Phi) is 6.35. The van der Waals surface area contributed by atoms with E-state index in [-0.39, 0.29) is 18.5 Å². The molecule has 0 unspecified atom stereocenters. The van der Waals surface area contributed by atoms with E-state index in [2.05, 4.69) is 0 Å². The van der Waals surface area contributed by atoms with Crippen LogP contribution < -0.4 is 5.73 Å². The average molecular weight is 266 g/mol.